The van der Waals surface area contributed by atoms with E-state index in [1.54, 1.807) is 0 Å². The fraction of sp³-hybridized carbons (Fsp3) is 0.875. The van der Waals surface area contributed by atoms with Crippen molar-refractivity contribution in [3.63, 3.8) is 0 Å². The van der Waals surface area contributed by atoms with E-state index in [1.807, 2.05) is 0 Å². The second-order valence-corrected chi connectivity index (χ2v) is 6.64. The number of allylic oxidation sites excluding steroid dienone is 1. The normalized spacial score (nSPS) is 39.9. The van der Waals surface area contributed by atoms with E-state index in [1.165, 1.54) is 18.4 Å². The molecule has 3 nitrogen and oxygen atoms in total. The molecule has 0 aromatic carbocycles. The number of hydrogen-bond donors (Lipinski definition) is 1. The van der Waals surface area contributed by atoms with Crippen molar-refractivity contribution in [1.29, 1.82) is 0 Å². The second-order valence-electron chi connectivity index (χ2n) is 6.64. The number of aliphatic hydroxyl groups is 1. The summed E-state index contributed by atoms with van der Waals surface area (Å²) in [5.41, 5.74) is 1.60. The molecule has 1 spiro atoms. The van der Waals surface area contributed by atoms with E-state index in [-0.39, 0.29) is 11.2 Å². The average molecular weight is 266 g/mol. The lowest BCUT2D eigenvalue weighted by molar-refractivity contribution is -0.212. The molecule has 2 saturated carbocycles. The van der Waals surface area contributed by atoms with Gasteiger partial charge in [-0.1, -0.05) is 12.2 Å². The van der Waals surface area contributed by atoms with E-state index in [2.05, 4.69) is 13.5 Å². The number of fused-ring (bicyclic) bond motifs is 3. The molecule has 3 atom stereocenters. The molecule has 1 N–H and O–H groups in total. The van der Waals surface area contributed by atoms with Gasteiger partial charge in [0.25, 0.3) is 0 Å². The van der Waals surface area contributed by atoms with Crippen molar-refractivity contribution in [2.75, 3.05) is 19.8 Å². The zero-order valence-electron chi connectivity index (χ0n) is 12.0. The van der Waals surface area contributed by atoms with Gasteiger partial charge in [0.1, 0.15) is 0 Å². The van der Waals surface area contributed by atoms with Gasteiger partial charge in [0, 0.05) is 18.9 Å². The molecule has 3 fully saturated rings. The van der Waals surface area contributed by atoms with Gasteiger partial charge in [-0.05, 0) is 50.4 Å². The third-order valence-corrected chi connectivity index (χ3v) is 5.84. The van der Waals surface area contributed by atoms with Crippen LogP contribution in [0.15, 0.2) is 12.2 Å². The van der Waals surface area contributed by atoms with Gasteiger partial charge in [-0.2, -0.15) is 0 Å². The summed E-state index contributed by atoms with van der Waals surface area (Å²) in [6, 6.07) is 0. The summed E-state index contributed by atoms with van der Waals surface area (Å²) in [5.74, 6) is 0.880. The van der Waals surface area contributed by atoms with E-state index >= 15 is 0 Å². The van der Waals surface area contributed by atoms with Crippen molar-refractivity contribution in [2.45, 2.75) is 51.2 Å². The van der Waals surface area contributed by atoms with E-state index in [9.17, 15) is 0 Å². The molecule has 19 heavy (non-hydrogen) atoms. The molecular formula is C16H26O3. The predicted molar refractivity (Wildman–Crippen MR) is 73.6 cm³/mol. The Labute approximate surface area is 116 Å². The standard InChI is InChI=1S/C16H26O3/c1-12(2)15-5-6-16(18-8-9-19-16)14(11-15)10-13(15)4-3-7-17/h13-14,17H,1,3-11H2,2H3/t13-,14+,15+/m0/s1. The lowest BCUT2D eigenvalue weighted by Gasteiger charge is -2.44. The molecule has 1 saturated heterocycles. The Hall–Kier alpha value is -0.380. The summed E-state index contributed by atoms with van der Waals surface area (Å²) in [5, 5.41) is 9.12. The van der Waals surface area contributed by atoms with Gasteiger partial charge in [0.05, 0.1) is 13.2 Å². The van der Waals surface area contributed by atoms with Gasteiger partial charge in [-0.25, -0.2) is 0 Å². The predicted octanol–water partition coefficient (Wildman–Crippen LogP) is 2.88. The monoisotopic (exact) mass is 266 g/mol. The summed E-state index contributed by atoms with van der Waals surface area (Å²) in [4.78, 5) is 0. The van der Waals surface area contributed by atoms with Gasteiger partial charge in [0.15, 0.2) is 5.79 Å². The Balaban J connectivity index is 1.82. The first-order valence-corrected chi connectivity index (χ1v) is 7.68. The van der Waals surface area contributed by atoms with Crippen molar-refractivity contribution >= 4 is 0 Å². The first-order valence-electron chi connectivity index (χ1n) is 7.68. The number of rotatable bonds is 4. The summed E-state index contributed by atoms with van der Waals surface area (Å²) in [7, 11) is 0. The van der Waals surface area contributed by atoms with E-state index in [4.69, 9.17) is 14.6 Å². The molecule has 0 aromatic rings. The van der Waals surface area contributed by atoms with Crippen LogP contribution in [0.4, 0.5) is 0 Å². The van der Waals surface area contributed by atoms with Crippen LogP contribution >= 0.6 is 0 Å². The van der Waals surface area contributed by atoms with Gasteiger partial charge < -0.3 is 14.6 Å². The minimum absolute atomic E-state index is 0.278. The first-order chi connectivity index (χ1) is 9.13. The zero-order chi connectivity index (χ0) is 13.5. The molecule has 1 aliphatic heterocycles. The Bertz CT molecular complexity index is 359. The molecule has 1 heterocycles. The molecule has 2 aliphatic carbocycles. The maximum atomic E-state index is 9.12. The highest BCUT2D eigenvalue weighted by Gasteiger charge is 2.60. The Kier molecular flexibility index (Phi) is 3.48. The molecule has 0 radical (unpaired) electrons. The molecule has 0 unspecified atom stereocenters. The van der Waals surface area contributed by atoms with Crippen LogP contribution < -0.4 is 0 Å². The summed E-state index contributed by atoms with van der Waals surface area (Å²) < 4.78 is 12.0. The topological polar surface area (TPSA) is 38.7 Å². The smallest absolute Gasteiger partial charge is 0.171 e. The summed E-state index contributed by atoms with van der Waals surface area (Å²) >= 11 is 0. The highest BCUT2D eigenvalue weighted by Crippen LogP contribution is 2.63. The molecule has 108 valence electrons. The van der Waals surface area contributed by atoms with Crippen LogP contribution in [-0.4, -0.2) is 30.7 Å². The maximum Gasteiger partial charge on any atom is 0.171 e. The highest BCUT2D eigenvalue weighted by atomic mass is 16.7. The SMILES string of the molecule is C=C(C)[C@]12CCC3(OCCO3)[C@H](C[C@@H]1CCCO)C2. The first kappa shape index (κ1) is 13.6. The van der Waals surface area contributed by atoms with E-state index in [0.29, 0.717) is 18.4 Å². The fourth-order valence-electron chi connectivity index (χ4n) is 4.82. The van der Waals surface area contributed by atoms with Crippen LogP contribution in [0.5, 0.6) is 0 Å². The van der Waals surface area contributed by atoms with Crippen LogP contribution in [0.1, 0.15) is 45.4 Å². The molecule has 2 bridgehead atoms. The van der Waals surface area contributed by atoms with Crippen LogP contribution in [0.2, 0.25) is 0 Å². The zero-order valence-corrected chi connectivity index (χ0v) is 12.0. The molecule has 3 aliphatic rings. The van der Waals surface area contributed by atoms with Gasteiger partial charge in [0.2, 0.25) is 0 Å². The van der Waals surface area contributed by atoms with Gasteiger partial charge >= 0.3 is 0 Å². The van der Waals surface area contributed by atoms with Crippen molar-refractivity contribution in [3.8, 4) is 0 Å². The maximum absolute atomic E-state index is 9.12. The molecule has 3 heteroatoms. The van der Waals surface area contributed by atoms with Gasteiger partial charge in [-0.15, -0.1) is 0 Å². The largest absolute Gasteiger partial charge is 0.396 e. The molecule has 0 amide bonds. The van der Waals surface area contributed by atoms with Crippen LogP contribution in [-0.2, 0) is 9.47 Å². The van der Waals surface area contributed by atoms with Crippen LogP contribution in [0.25, 0.3) is 0 Å². The Morgan fingerprint density at radius 3 is 2.68 bits per heavy atom. The molecule has 0 aromatic heterocycles. The molecular weight excluding hydrogens is 240 g/mol. The van der Waals surface area contributed by atoms with E-state index in [0.717, 1.165) is 38.9 Å². The third-order valence-electron chi connectivity index (χ3n) is 5.84. The van der Waals surface area contributed by atoms with Crippen molar-refractivity contribution < 1.29 is 14.6 Å². The summed E-state index contributed by atoms with van der Waals surface area (Å²) in [6.45, 7) is 8.25. The lowest BCUT2D eigenvalue weighted by atomic mass is 9.65. The van der Waals surface area contributed by atoms with Crippen molar-refractivity contribution in [1.82, 2.24) is 0 Å². The quantitative estimate of drug-likeness (QED) is 0.795. The number of hydrogen-bond acceptors (Lipinski definition) is 3. The van der Waals surface area contributed by atoms with Crippen molar-refractivity contribution in [3.05, 3.63) is 12.2 Å². The Morgan fingerprint density at radius 1 is 1.32 bits per heavy atom. The van der Waals surface area contributed by atoms with Gasteiger partial charge in [-0.3, -0.25) is 0 Å². The summed E-state index contributed by atoms with van der Waals surface area (Å²) in [6.07, 6.45) is 6.50. The van der Waals surface area contributed by atoms with Crippen LogP contribution in [0, 0.1) is 17.3 Å². The van der Waals surface area contributed by atoms with E-state index < -0.39 is 0 Å². The third kappa shape index (κ3) is 1.98. The minimum atomic E-state index is -0.285. The minimum Gasteiger partial charge on any atom is -0.396 e. The average Bonchev–Trinajstić information content (AvgIpc) is 2.96. The number of aliphatic hydroxyl groups excluding tert-OH is 1. The van der Waals surface area contributed by atoms with Crippen molar-refractivity contribution in [2.24, 2.45) is 17.3 Å². The second kappa shape index (κ2) is 4.87. The van der Waals surface area contributed by atoms with Crippen LogP contribution in [0.3, 0.4) is 0 Å². The lowest BCUT2D eigenvalue weighted by Crippen LogP contribution is -2.43. The highest BCUT2D eigenvalue weighted by molar-refractivity contribution is 5.19. The number of ether oxygens (including phenoxy) is 2. The fourth-order valence-corrected chi connectivity index (χ4v) is 4.82. The molecule has 3 rings (SSSR count). The Morgan fingerprint density at radius 2 is 2.05 bits per heavy atom.